The summed E-state index contributed by atoms with van der Waals surface area (Å²) in [4.78, 5) is 0. The Morgan fingerprint density at radius 1 is 0.941 bits per heavy atom. The number of alkyl halides is 3. The van der Waals surface area contributed by atoms with E-state index in [1.807, 2.05) is 33.6 Å². The second-order valence-electron chi connectivity index (χ2n) is 5.10. The van der Waals surface area contributed by atoms with Gasteiger partial charge in [-0.15, -0.1) is 0 Å². The zero-order valence-electron chi connectivity index (χ0n) is 9.83. The summed E-state index contributed by atoms with van der Waals surface area (Å²) in [5.41, 5.74) is 0. The summed E-state index contributed by atoms with van der Waals surface area (Å²) in [6.45, 7) is 0. The molecular weight excluding hydrogens is 304 g/mol. The quantitative estimate of drug-likeness (QED) is 0.672. The molecule has 0 unspecified atom stereocenters. The summed E-state index contributed by atoms with van der Waals surface area (Å²) in [7, 11) is 0. The average Bonchev–Trinajstić information content (AvgIpc) is 2.89. The molecule has 0 radical (unpaired) electrons. The van der Waals surface area contributed by atoms with Crippen LogP contribution in [0, 0.1) is 0 Å². The van der Waals surface area contributed by atoms with Crippen LogP contribution in [0.25, 0.3) is 0 Å². The normalized spacial score (nSPS) is 22.9. The van der Waals surface area contributed by atoms with Gasteiger partial charge in [0.15, 0.2) is 0 Å². The topological polar surface area (TPSA) is 0 Å². The van der Waals surface area contributed by atoms with Gasteiger partial charge in [0.05, 0.1) is 0 Å². The Kier molecular flexibility index (Phi) is 3.14. The van der Waals surface area contributed by atoms with E-state index >= 15 is 0 Å². The van der Waals surface area contributed by atoms with E-state index in [0.717, 1.165) is 0 Å². The van der Waals surface area contributed by atoms with Crippen LogP contribution >= 0.6 is 0 Å². The molecule has 0 aliphatic heterocycles. The molecule has 17 heavy (non-hydrogen) atoms. The molecule has 0 spiro atoms. The van der Waals surface area contributed by atoms with Crippen molar-refractivity contribution in [2.75, 3.05) is 0 Å². The molecule has 2 aliphatic carbocycles. The van der Waals surface area contributed by atoms with Crippen LogP contribution in [0.2, 0.25) is 16.0 Å². The Labute approximate surface area is 104 Å². The molecule has 92 valence electrons. The zero-order valence-corrected chi connectivity index (χ0v) is 12.3. The molecule has 2 rings (SSSR count). The Balaban J connectivity index is 2.48. The Morgan fingerprint density at radius 3 is 1.82 bits per heavy atom. The van der Waals surface area contributed by atoms with Gasteiger partial charge in [-0.3, -0.25) is 0 Å². The van der Waals surface area contributed by atoms with E-state index < -0.39 is 29.6 Å². The van der Waals surface area contributed by atoms with E-state index in [-0.39, 0.29) is 3.63 Å². The fourth-order valence-corrected chi connectivity index (χ4v) is 11.3. The van der Waals surface area contributed by atoms with E-state index in [1.165, 1.54) is 24.3 Å². The molecule has 0 amide bonds. The first kappa shape index (κ1) is 13.1. The molecule has 0 atom stereocenters. The molecule has 0 N–H and O–H groups in total. The van der Waals surface area contributed by atoms with Crippen molar-refractivity contribution in [3.63, 3.8) is 0 Å². The third kappa shape index (κ3) is 1.85. The van der Waals surface area contributed by atoms with Gasteiger partial charge in [0.1, 0.15) is 0 Å². The van der Waals surface area contributed by atoms with Gasteiger partial charge in [0, 0.05) is 0 Å². The summed E-state index contributed by atoms with van der Waals surface area (Å²) in [5, 5.41) is 0. The van der Waals surface area contributed by atoms with Crippen LogP contribution in [0.4, 0.5) is 13.2 Å². The predicted octanol–water partition coefficient (Wildman–Crippen LogP) is 5.00. The van der Waals surface area contributed by atoms with Crippen molar-refractivity contribution in [1.29, 1.82) is 0 Å². The first-order valence-corrected chi connectivity index (χ1v) is 13.2. The Hall–Kier alpha value is -0.367. The van der Waals surface area contributed by atoms with Crippen molar-refractivity contribution in [2.45, 2.75) is 22.2 Å². The number of hydrogen-bond donors (Lipinski definition) is 0. The molecule has 0 heterocycles. The van der Waals surface area contributed by atoms with Crippen molar-refractivity contribution >= 4 is 0 Å². The molecule has 0 saturated heterocycles. The van der Waals surface area contributed by atoms with Gasteiger partial charge in [-0.05, 0) is 0 Å². The van der Waals surface area contributed by atoms with Gasteiger partial charge in [0.2, 0.25) is 0 Å². The first-order chi connectivity index (χ1) is 7.81. The minimum atomic E-state index is -4.18. The number of rotatable bonds is 2. The Bertz CT molecular complexity index is 400. The maximum atomic E-state index is 13.5. The predicted molar refractivity (Wildman–Crippen MR) is 60.8 cm³/mol. The van der Waals surface area contributed by atoms with Crippen LogP contribution < -0.4 is 0 Å². The monoisotopic (exact) mass is 318 g/mol. The Morgan fingerprint density at radius 2 is 1.41 bits per heavy atom. The molecule has 4 heteroatoms. The van der Waals surface area contributed by atoms with Gasteiger partial charge < -0.3 is 0 Å². The van der Waals surface area contributed by atoms with Gasteiger partial charge in [-0.25, -0.2) is 0 Å². The summed E-state index contributed by atoms with van der Waals surface area (Å²) in [6.07, 6.45) is 9.17. The summed E-state index contributed by atoms with van der Waals surface area (Å²) in [5.74, 6) is 0. The van der Waals surface area contributed by atoms with Gasteiger partial charge in [-0.1, -0.05) is 0 Å². The van der Waals surface area contributed by atoms with Gasteiger partial charge >= 0.3 is 104 Å². The van der Waals surface area contributed by atoms with Crippen LogP contribution in [0.5, 0.6) is 0 Å². The molecule has 0 aromatic heterocycles. The SMILES string of the molecule is [CH3][Zr]([CH3])([CH]1C=CC=C1)[C]1(C(F)(F)F)C=CC=C1. The second-order valence-corrected chi connectivity index (χ2v) is 17.2. The molecular formula is C13H15F3Zr. The van der Waals surface area contributed by atoms with Gasteiger partial charge in [-0.2, -0.15) is 0 Å². The van der Waals surface area contributed by atoms with Gasteiger partial charge in [0.25, 0.3) is 0 Å². The van der Waals surface area contributed by atoms with Crippen molar-refractivity contribution in [3.8, 4) is 0 Å². The van der Waals surface area contributed by atoms with E-state index in [2.05, 4.69) is 0 Å². The minimum absolute atomic E-state index is 0.0123. The molecule has 0 fully saturated rings. The van der Waals surface area contributed by atoms with Crippen LogP contribution in [0.1, 0.15) is 0 Å². The van der Waals surface area contributed by atoms with Crippen molar-refractivity contribution in [3.05, 3.63) is 48.6 Å². The van der Waals surface area contributed by atoms with Crippen LogP contribution in [0.3, 0.4) is 0 Å². The number of allylic oxidation sites excluding steroid dienone is 8. The molecule has 0 bridgehead atoms. The third-order valence-electron chi connectivity index (χ3n) is 3.95. The second kappa shape index (κ2) is 4.08. The standard InChI is InChI=1S/C6H4F3.C5H5.2CH3.Zr/c7-6(8,9)5-3-1-2-4-5;1-2-4-5-3-1;;;/h1-4H;1-5H;2*1H3;. The van der Waals surface area contributed by atoms with E-state index in [0.29, 0.717) is 0 Å². The van der Waals surface area contributed by atoms with Crippen LogP contribution in [-0.2, 0) is 20.3 Å². The summed E-state index contributed by atoms with van der Waals surface area (Å²) < 4.78 is 42.5. The summed E-state index contributed by atoms with van der Waals surface area (Å²) in [6, 6.07) is 0. The maximum absolute atomic E-state index is 13.5. The van der Waals surface area contributed by atoms with E-state index in [1.54, 1.807) is 0 Å². The number of halogens is 3. The van der Waals surface area contributed by atoms with Crippen molar-refractivity contribution in [2.24, 2.45) is 0 Å². The van der Waals surface area contributed by atoms with Crippen LogP contribution in [0.15, 0.2) is 48.6 Å². The third-order valence-corrected chi connectivity index (χ3v) is 15.7. The van der Waals surface area contributed by atoms with E-state index in [9.17, 15) is 13.2 Å². The van der Waals surface area contributed by atoms with Crippen molar-refractivity contribution in [1.82, 2.24) is 0 Å². The first-order valence-electron chi connectivity index (χ1n) is 5.60. The van der Waals surface area contributed by atoms with E-state index in [4.69, 9.17) is 0 Å². The molecule has 0 aromatic carbocycles. The van der Waals surface area contributed by atoms with Crippen LogP contribution in [-0.4, -0.2) is 6.18 Å². The average molecular weight is 319 g/mol. The fraction of sp³-hybridized carbons (Fsp3) is 0.385. The van der Waals surface area contributed by atoms with Crippen molar-refractivity contribution < 1.29 is 33.4 Å². The fourth-order valence-electron chi connectivity index (χ4n) is 2.64. The molecule has 0 nitrogen and oxygen atoms in total. The molecule has 0 saturated carbocycles. The zero-order chi connectivity index (χ0) is 12.7. The number of hydrogen-bond acceptors (Lipinski definition) is 0. The molecule has 0 aromatic rings. The summed E-state index contributed by atoms with van der Waals surface area (Å²) >= 11 is -3.45. The molecule has 2 aliphatic rings.